The predicted molar refractivity (Wildman–Crippen MR) is 211 cm³/mol. The number of unbranched alkanes of at least 4 members (excludes halogenated alkanes) is 22. The van der Waals surface area contributed by atoms with Crippen LogP contribution in [-0.2, 0) is 9.59 Å². The highest BCUT2D eigenvalue weighted by Crippen LogP contribution is 2.14. The standard InChI is InChI=1S/C42H86N4O2/c1-6-8-10-12-14-16-18-20-22-24-26-28-31-39(3)44-41(47)33-36-43-35-30-37-46(5)38-34-42(48)45-40(4)32-29-27-25-23-21-19-17-15-13-11-9-7-2/h39-40,43H,6-38H2,1-5H3,(H,44,47)(H,45,48). The van der Waals surface area contributed by atoms with Crippen LogP contribution in [0, 0.1) is 0 Å². The van der Waals surface area contributed by atoms with Gasteiger partial charge in [0.15, 0.2) is 0 Å². The fourth-order valence-corrected chi connectivity index (χ4v) is 6.63. The summed E-state index contributed by atoms with van der Waals surface area (Å²) >= 11 is 0. The smallest absolute Gasteiger partial charge is 0.221 e. The first-order chi connectivity index (χ1) is 23.4. The van der Waals surface area contributed by atoms with E-state index < -0.39 is 0 Å². The van der Waals surface area contributed by atoms with E-state index in [-0.39, 0.29) is 23.9 Å². The molecule has 0 saturated heterocycles. The van der Waals surface area contributed by atoms with Crippen LogP contribution in [0.25, 0.3) is 0 Å². The molecule has 6 nitrogen and oxygen atoms in total. The second-order valence-electron chi connectivity index (χ2n) is 15.2. The van der Waals surface area contributed by atoms with Crippen molar-refractivity contribution >= 4 is 11.8 Å². The second kappa shape index (κ2) is 37.1. The molecular formula is C42H86N4O2. The van der Waals surface area contributed by atoms with E-state index in [1.165, 1.54) is 154 Å². The molecule has 2 atom stereocenters. The van der Waals surface area contributed by atoms with E-state index in [2.05, 4.69) is 55.6 Å². The van der Waals surface area contributed by atoms with Gasteiger partial charge in [-0.3, -0.25) is 9.59 Å². The van der Waals surface area contributed by atoms with E-state index in [1.54, 1.807) is 0 Å². The van der Waals surface area contributed by atoms with Crippen molar-refractivity contribution in [2.24, 2.45) is 0 Å². The van der Waals surface area contributed by atoms with Gasteiger partial charge in [-0.1, -0.05) is 168 Å². The van der Waals surface area contributed by atoms with Crippen molar-refractivity contribution in [1.82, 2.24) is 20.9 Å². The van der Waals surface area contributed by atoms with Gasteiger partial charge in [0.25, 0.3) is 0 Å². The van der Waals surface area contributed by atoms with Crippen molar-refractivity contribution in [3.63, 3.8) is 0 Å². The first kappa shape index (κ1) is 46.9. The Morgan fingerprint density at radius 3 is 1.21 bits per heavy atom. The molecule has 6 heteroatoms. The minimum atomic E-state index is 0.157. The van der Waals surface area contributed by atoms with Gasteiger partial charge in [-0.25, -0.2) is 0 Å². The topological polar surface area (TPSA) is 73.5 Å². The largest absolute Gasteiger partial charge is 0.354 e. The summed E-state index contributed by atoms with van der Waals surface area (Å²) in [5.41, 5.74) is 0. The Kier molecular flexibility index (Phi) is 36.2. The van der Waals surface area contributed by atoms with Crippen LogP contribution < -0.4 is 16.0 Å². The molecule has 0 aromatic heterocycles. The van der Waals surface area contributed by atoms with Crippen LogP contribution in [0.1, 0.15) is 214 Å². The van der Waals surface area contributed by atoms with Crippen LogP contribution in [-0.4, -0.2) is 62.0 Å². The van der Waals surface area contributed by atoms with Crippen LogP contribution >= 0.6 is 0 Å². The summed E-state index contributed by atoms with van der Waals surface area (Å²) in [5, 5.41) is 9.79. The zero-order chi connectivity index (χ0) is 35.3. The van der Waals surface area contributed by atoms with E-state index in [0.29, 0.717) is 12.8 Å². The van der Waals surface area contributed by atoms with Crippen molar-refractivity contribution in [3.05, 3.63) is 0 Å². The molecule has 0 radical (unpaired) electrons. The van der Waals surface area contributed by atoms with Crippen LogP contribution in [0.4, 0.5) is 0 Å². The maximum absolute atomic E-state index is 12.4. The molecule has 0 bridgehead atoms. The Bertz CT molecular complexity index is 689. The zero-order valence-electron chi connectivity index (χ0n) is 33.3. The van der Waals surface area contributed by atoms with Gasteiger partial charge in [0.2, 0.25) is 11.8 Å². The molecule has 0 aliphatic heterocycles. The Hall–Kier alpha value is -1.14. The van der Waals surface area contributed by atoms with Crippen molar-refractivity contribution in [2.45, 2.75) is 226 Å². The lowest BCUT2D eigenvalue weighted by Crippen LogP contribution is -2.35. The number of hydrogen-bond donors (Lipinski definition) is 3. The van der Waals surface area contributed by atoms with Gasteiger partial charge in [0, 0.05) is 38.0 Å². The summed E-state index contributed by atoms with van der Waals surface area (Å²) in [7, 11) is 2.09. The van der Waals surface area contributed by atoms with Gasteiger partial charge in [0.05, 0.1) is 0 Å². The minimum absolute atomic E-state index is 0.157. The molecule has 286 valence electrons. The third-order valence-electron chi connectivity index (χ3n) is 9.94. The predicted octanol–water partition coefficient (Wildman–Crippen LogP) is 10.9. The quantitative estimate of drug-likeness (QED) is 0.0568. The molecule has 0 aliphatic carbocycles. The van der Waals surface area contributed by atoms with Crippen LogP contribution in [0.5, 0.6) is 0 Å². The maximum atomic E-state index is 12.4. The Balaban J connectivity index is 3.54. The van der Waals surface area contributed by atoms with Crippen molar-refractivity contribution in [3.8, 4) is 0 Å². The number of rotatable bonds is 38. The highest BCUT2D eigenvalue weighted by molar-refractivity contribution is 5.76. The van der Waals surface area contributed by atoms with Gasteiger partial charge < -0.3 is 20.9 Å². The molecule has 0 rings (SSSR count). The molecule has 0 aromatic rings. The molecule has 0 fully saturated rings. The molecular weight excluding hydrogens is 592 g/mol. The third kappa shape index (κ3) is 36.1. The Morgan fingerprint density at radius 1 is 0.458 bits per heavy atom. The first-order valence-electron chi connectivity index (χ1n) is 21.4. The van der Waals surface area contributed by atoms with Gasteiger partial charge in [-0.15, -0.1) is 0 Å². The monoisotopic (exact) mass is 679 g/mol. The van der Waals surface area contributed by atoms with E-state index in [1.807, 2.05) is 0 Å². The molecule has 2 amide bonds. The normalized spacial score (nSPS) is 12.8. The zero-order valence-corrected chi connectivity index (χ0v) is 33.3. The Morgan fingerprint density at radius 2 is 0.812 bits per heavy atom. The number of carbonyl (C=O) groups excluding carboxylic acids is 2. The van der Waals surface area contributed by atoms with E-state index >= 15 is 0 Å². The molecule has 0 aromatic carbocycles. The highest BCUT2D eigenvalue weighted by Gasteiger charge is 2.10. The lowest BCUT2D eigenvalue weighted by Gasteiger charge is -2.18. The number of nitrogens with one attached hydrogen (secondary N) is 3. The van der Waals surface area contributed by atoms with Crippen LogP contribution in [0.3, 0.4) is 0 Å². The molecule has 0 heterocycles. The maximum Gasteiger partial charge on any atom is 0.221 e. The van der Waals surface area contributed by atoms with E-state index in [4.69, 9.17) is 0 Å². The average molecular weight is 679 g/mol. The van der Waals surface area contributed by atoms with Crippen LogP contribution in [0.15, 0.2) is 0 Å². The van der Waals surface area contributed by atoms with Crippen LogP contribution in [0.2, 0.25) is 0 Å². The number of amides is 2. The number of hydrogen-bond acceptors (Lipinski definition) is 4. The third-order valence-corrected chi connectivity index (χ3v) is 9.94. The summed E-state index contributed by atoms with van der Waals surface area (Å²) in [4.78, 5) is 26.9. The first-order valence-corrected chi connectivity index (χ1v) is 21.4. The van der Waals surface area contributed by atoms with Crippen molar-refractivity contribution in [2.75, 3.05) is 33.2 Å². The summed E-state index contributed by atoms with van der Waals surface area (Å²) in [6.45, 7) is 12.2. The summed E-state index contributed by atoms with van der Waals surface area (Å²) < 4.78 is 0. The van der Waals surface area contributed by atoms with Crippen molar-refractivity contribution < 1.29 is 9.59 Å². The summed E-state index contributed by atoms with van der Waals surface area (Å²) in [5.74, 6) is 0.329. The fourth-order valence-electron chi connectivity index (χ4n) is 6.63. The van der Waals surface area contributed by atoms with Gasteiger partial charge >= 0.3 is 0 Å². The lowest BCUT2D eigenvalue weighted by atomic mass is 10.0. The van der Waals surface area contributed by atoms with Gasteiger partial charge in [-0.05, 0) is 53.2 Å². The number of carbonyl (C=O) groups is 2. The molecule has 3 N–H and O–H groups in total. The average Bonchev–Trinajstić information content (AvgIpc) is 3.06. The summed E-state index contributed by atoms with van der Waals surface area (Å²) in [6, 6.07) is 0.536. The van der Waals surface area contributed by atoms with Gasteiger partial charge in [0.1, 0.15) is 0 Å². The molecule has 48 heavy (non-hydrogen) atoms. The minimum Gasteiger partial charge on any atom is -0.354 e. The second-order valence-corrected chi connectivity index (χ2v) is 15.2. The molecule has 2 unspecified atom stereocenters. The number of nitrogens with zero attached hydrogens (tertiary/aromatic N) is 1. The van der Waals surface area contributed by atoms with E-state index in [9.17, 15) is 9.59 Å². The molecule has 0 spiro atoms. The van der Waals surface area contributed by atoms with Gasteiger partial charge in [-0.2, -0.15) is 0 Å². The fraction of sp³-hybridized carbons (Fsp3) is 0.952. The SMILES string of the molecule is CCCCCCCCCCCCCCC(C)NC(=O)CCNCCCN(C)CCC(=O)NC(C)CCCCCCCCCCCCCC. The van der Waals surface area contributed by atoms with Crippen molar-refractivity contribution in [1.29, 1.82) is 0 Å². The summed E-state index contributed by atoms with van der Waals surface area (Å²) in [6.07, 6.45) is 37.1. The molecule has 0 aliphatic rings. The van der Waals surface area contributed by atoms with E-state index in [0.717, 1.165) is 45.4 Å². The Labute approximate surface area is 300 Å². The lowest BCUT2D eigenvalue weighted by molar-refractivity contribution is -0.122. The highest BCUT2D eigenvalue weighted by atomic mass is 16.2. The molecule has 0 saturated carbocycles.